The molecule has 2 atom stereocenters. The summed E-state index contributed by atoms with van der Waals surface area (Å²) in [4.78, 5) is 0. The van der Waals surface area contributed by atoms with Gasteiger partial charge in [0.2, 0.25) is 5.90 Å². The van der Waals surface area contributed by atoms with Crippen molar-refractivity contribution in [3.63, 3.8) is 0 Å². The van der Waals surface area contributed by atoms with Crippen LogP contribution in [0.2, 0.25) is 0 Å². The molecule has 1 N–H and O–H groups in total. The monoisotopic (exact) mass is 499 g/mol. The van der Waals surface area contributed by atoms with Crippen molar-refractivity contribution in [2.75, 3.05) is 0 Å². The van der Waals surface area contributed by atoms with Gasteiger partial charge in [-0.2, -0.15) is 0 Å². The average Bonchev–Trinajstić information content (AvgIpc) is 2.73. The fourth-order valence-corrected chi connectivity index (χ4v) is 4.41. The number of rotatable bonds is 7. The van der Waals surface area contributed by atoms with Crippen LogP contribution in [0, 0.1) is 17.0 Å². The van der Waals surface area contributed by atoms with Gasteiger partial charge in [-0.05, 0) is 41.0 Å². The van der Waals surface area contributed by atoms with Crippen LogP contribution in [-0.4, -0.2) is 9.69 Å². The Morgan fingerprint density at radius 2 is 1.45 bits per heavy atom. The Balaban J connectivity index is 2.03. The molecule has 0 aromatic heterocycles. The first-order chi connectivity index (χ1) is 14.7. The number of nitrogens with one attached hydrogen (secondary N) is 1. The molecule has 0 aliphatic heterocycles. The predicted molar refractivity (Wildman–Crippen MR) is 125 cm³/mol. The van der Waals surface area contributed by atoms with Gasteiger partial charge in [-0.25, -0.2) is 8.78 Å². The molecular formula is C23H18Cl3F2NOS. The lowest BCUT2D eigenvalue weighted by Gasteiger charge is -2.30. The van der Waals surface area contributed by atoms with Crippen molar-refractivity contribution in [1.29, 1.82) is 5.41 Å². The zero-order valence-electron chi connectivity index (χ0n) is 16.1. The zero-order valence-corrected chi connectivity index (χ0v) is 19.2. The molecule has 3 aromatic rings. The lowest BCUT2D eigenvalue weighted by atomic mass is 10.00. The summed E-state index contributed by atoms with van der Waals surface area (Å²) in [6, 6.07) is 21.6. The molecule has 0 bridgehead atoms. The largest absolute Gasteiger partial charge is 0.468 e. The van der Waals surface area contributed by atoms with Crippen LogP contribution in [0.5, 0.6) is 0 Å². The first-order valence-electron chi connectivity index (χ1n) is 9.23. The Bertz CT molecular complexity index is 1030. The third-order valence-electron chi connectivity index (χ3n) is 4.40. The Morgan fingerprint density at radius 1 is 0.871 bits per heavy atom. The van der Waals surface area contributed by atoms with E-state index >= 15 is 0 Å². The van der Waals surface area contributed by atoms with Gasteiger partial charge in [0.25, 0.3) is 3.79 Å². The SMILES string of the molecule is N=C(O[C@H](c1cccc(F)c1)[C@H](SCc1ccccc1)c1cccc(F)c1)C(Cl)(Cl)Cl. The molecule has 0 spiro atoms. The van der Waals surface area contributed by atoms with Gasteiger partial charge < -0.3 is 4.74 Å². The van der Waals surface area contributed by atoms with E-state index in [2.05, 4.69) is 0 Å². The van der Waals surface area contributed by atoms with E-state index in [0.29, 0.717) is 16.9 Å². The standard InChI is InChI=1S/C23H18Cl3F2NOS/c24-23(25,26)22(29)30-20(16-8-4-10-18(27)12-16)21(17-9-5-11-19(28)13-17)31-14-15-6-2-1-3-7-15/h1-13,20-21,29H,14H2/t20-,21-/m1/s1. The smallest absolute Gasteiger partial charge is 0.265 e. The topological polar surface area (TPSA) is 33.1 Å². The van der Waals surface area contributed by atoms with Crippen LogP contribution in [0.15, 0.2) is 78.9 Å². The third kappa shape index (κ3) is 6.84. The average molecular weight is 501 g/mol. The highest BCUT2D eigenvalue weighted by Gasteiger charge is 2.35. The number of benzene rings is 3. The van der Waals surface area contributed by atoms with Crippen LogP contribution in [0.25, 0.3) is 0 Å². The maximum Gasteiger partial charge on any atom is 0.265 e. The molecule has 0 unspecified atom stereocenters. The van der Waals surface area contributed by atoms with Crippen molar-refractivity contribution in [3.05, 3.63) is 107 Å². The van der Waals surface area contributed by atoms with Crippen molar-refractivity contribution in [2.24, 2.45) is 0 Å². The van der Waals surface area contributed by atoms with Crippen molar-refractivity contribution >= 4 is 52.5 Å². The molecule has 0 fully saturated rings. The summed E-state index contributed by atoms with van der Waals surface area (Å²) < 4.78 is 31.8. The van der Waals surface area contributed by atoms with E-state index in [0.717, 1.165) is 5.56 Å². The lowest BCUT2D eigenvalue weighted by Crippen LogP contribution is -2.26. The second-order valence-electron chi connectivity index (χ2n) is 6.69. The normalized spacial score (nSPS) is 13.5. The molecule has 0 amide bonds. The third-order valence-corrected chi connectivity index (χ3v) is 6.30. The highest BCUT2D eigenvalue weighted by Crippen LogP contribution is 2.45. The molecule has 2 nitrogen and oxygen atoms in total. The van der Waals surface area contributed by atoms with Gasteiger partial charge in [-0.3, -0.25) is 5.41 Å². The molecule has 0 saturated carbocycles. The van der Waals surface area contributed by atoms with Crippen LogP contribution < -0.4 is 0 Å². The van der Waals surface area contributed by atoms with E-state index in [4.69, 9.17) is 44.9 Å². The Kier molecular flexibility index (Phi) is 8.23. The summed E-state index contributed by atoms with van der Waals surface area (Å²) in [5.41, 5.74) is 2.09. The zero-order chi connectivity index (χ0) is 22.4. The van der Waals surface area contributed by atoms with Gasteiger partial charge in [-0.15, -0.1) is 11.8 Å². The van der Waals surface area contributed by atoms with Crippen molar-refractivity contribution < 1.29 is 13.5 Å². The summed E-state index contributed by atoms with van der Waals surface area (Å²) >= 11 is 19.0. The first-order valence-corrected chi connectivity index (χ1v) is 11.4. The van der Waals surface area contributed by atoms with E-state index in [1.807, 2.05) is 30.3 Å². The van der Waals surface area contributed by atoms with Gasteiger partial charge in [0.15, 0.2) is 0 Å². The van der Waals surface area contributed by atoms with E-state index < -0.39 is 32.7 Å². The maximum absolute atomic E-state index is 14.1. The summed E-state index contributed by atoms with van der Waals surface area (Å²) in [7, 11) is 0. The van der Waals surface area contributed by atoms with Gasteiger partial charge in [0.1, 0.15) is 17.7 Å². The minimum Gasteiger partial charge on any atom is -0.468 e. The van der Waals surface area contributed by atoms with Gasteiger partial charge in [0.05, 0.1) is 5.25 Å². The number of hydrogen-bond acceptors (Lipinski definition) is 3. The minimum absolute atomic E-state index is 0.419. The molecule has 0 heterocycles. The van der Waals surface area contributed by atoms with Crippen LogP contribution in [0.1, 0.15) is 28.0 Å². The van der Waals surface area contributed by atoms with Gasteiger partial charge in [0, 0.05) is 5.75 Å². The number of alkyl halides is 3. The lowest BCUT2D eigenvalue weighted by molar-refractivity contribution is 0.182. The molecule has 3 rings (SSSR count). The van der Waals surface area contributed by atoms with E-state index in [-0.39, 0.29) is 0 Å². The van der Waals surface area contributed by atoms with Crippen LogP contribution >= 0.6 is 46.6 Å². The van der Waals surface area contributed by atoms with Crippen LogP contribution in [0.4, 0.5) is 8.78 Å². The van der Waals surface area contributed by atoms with Crippen molar-refractivity contribution in [3.8, 4) is 0 Å². The molecule has 3 aromatic carbocycles. The Labute approximate surface area is 199 Å². The summed E-state index contributed by atoms with van der Waals surface area (Å²) in [6.45, 7) is 0. The van der Waals surface area contributed by atoms with Crippen LogP contribution in [-0.2, 0) is 10.5 Å². The highest BCUT2D eigenvalue weighted by atomic mass is 35.6. The number of hydrogen-bond donors (Lipinski definition) is 1. The van der Waals surface area contributed by atoms with E-state index in [1.54, 1.807) is 18.2 Å². The van der Waals surface area contributed by atoms with Crippen LogP contribution in [0.3, 0.4) is 0 Å². The number of thioether (sulfide) groups is 1. The van der Waals surface area contributed by atoms with Crippen molar-refractivity contribution in [2.45, 2.75) is 20.9 Å². The molecule has 8 heteroatoms. The minimum atomic E-state index is -2.10. The van der Waals surface area contributed by atoms with Gasteiger partial charge in [-0.1, -0.05) is 89.4 Å². The molecule has 162 valence electrons. The predicted octanol–water partition coefficient (Wildman–Crippen LogP) is 8.04. The summed E-state index contributed by atoms with van der Waals surface area (Å²) in [5, 5.41) is 7.55. The second-order valence-corrected chi connectivity index (χ2v) is 10.1. The molecule has 0 aliphatic carbocycles. The second kappa shape index (κ2) is 10.7. The van der Waals surface area contributed by atoms with Gasteiger partial charge >= 0.3 is 0 Å². The number of ether oxygens (including phenoxy) is 1. The number of halogens is 5. The first kappa shape index (κ1) is 23.9. The summed E-state index contributed by atoms with van der Waals surface area (Å²) in [6.07, 6.45) is -0.908. The van der Waals surface area contributed by atoms with Crippen molar-refractivity contribution in [1.82, 2.24) is 0 Å². The maximum atomic E-state index is 14.1. The molecule has 31 heavy (non-hydrogen) atoms. The Hall–Kier alpha value is -1.79. The highest BCUT2D eigenvalue weighted by molar-refractivity contribution is 7.98. The molecular weight excluding hydrogens is 483 g/mol. The summed E-state index contributed by atoms with van der Waals surface area (Å²) in [5.74, 6) is -0.929. The molecule has 0 saturated heterocycles. The van der Waals surface area contributed by atoms with E-state index in [9.17, 15) is 8.78 Å². The Morgan fingerprint density at radius 3 is 2.03 bits per heavy atom. The quantitative estimate of drug-likeness (QED) is 0.202. The fraction of sp³-hybridized carbons (Fsp3) is 0.174. The van der Waals surface area contributed by atoms with E-state index in [1.165, 1.54) is 42.1 Å². The molecule has 0 radical (unpaired) electrons. The molecule has 0 aliphatic rings. The fourth-order valence-electron chi connectivity index (χ4n) is 2.98.